The minimum absolute atomic E-state index is 0.0386. The number of halogens is 3. The third-order valence-corrected chi connectivity index (χ3v) is 6.67. The molecular formula is C21H17F3N2O2S. The summed E-state index contributed by atoms with van der Waals surface area (Å²) in [5.74, 6) is 0. The maximum Gasteiger partial charge on any atom is 0.416 e. The molecule has 150 valence electrons. The SMILES string of the molecule is O=S1(=O)c2ccccc2N[C@H](c2ccccc2C(F)(F)F)N1Cc1ccccc1. The molecule has 1 heterocycles. The average Bonchev–Trinajstić information content (AvgIpc) is 2.70. The van der Waals surface area contributed by atoms with Gasteiger partial charge < -0.3 is 5.32 Å². The van der Waals surface area contributed by atoms with E-state index in [4.69, 9.17) is 0 Å². The van der Waals surface area contributed by atoms with Gasteiger partial charge in [-0.2, -0.15) is 17.5 Å². The van der Waals surface area contributed by atoms with Gasteiger partial charge in [0.05, 0.1) is 11.3 Å². The smallest absolute Gasteiger partial charge is 0.364 e. The van der Waals surface area contributed by atoms with Gasteiger partial charge in [-0.25, -0.2) is 8.42 Å². The van der Waals surface area contributed by atoms with Crippen LogP contribution in [0.2, 0.25) is 0 Å². The van der Waals surface area contributed by atoms with E-state index in [9.17, 15) is 21.6 Å². The van der Waals surface area contributed by atoms with E-state index in [0.717, 1.165) is 10.4 Å². The molecule has 0 bridgehead atoms. The van der Waals surface area contributed by atoms with Crippen molar-refractivity contribution >= 4 is 15.7 Å². The molecule has 0 fully saturated rings. The van der Waals surface area contributed by atoms with E-state index in [1.165, 1.54) is 24.3 Å². The Morgan fingerprint density at radius 1 is 0.862 bits per heavy atom. The molecule has 3 aromatic rings. The number of hydrogen-bond acceptors (Lipinski definition) is 3. The summed E-state index contributed by atoms with van der Waals surface area (Å²) >= 11 is 0. The van der Waals surface area contributed by atoms with Gasteiger partial charge in [-0.3, -0.25) is 0 Å². The van der Waals surface area contributed by atoms with Crippen LogP contribution in [0.1, 0.15) is 22.9 Å². The van der Waals surface area contributed by atoms with E-state index in [1.54, 1.807) is 48.5 Å². The summed E-state index contributed by atoms with van der Waals surface area (Å²) in [6.07, 6.45) is -5.81. The van der Waals surface area contributed by atoms with Crippen LogP contribution in [0.5, 0.6) is 0 Å². The van der Waals surface area contributed by atoms with Crippen LogP contribution in [-0.2, 0) is 22.7 Å². The molecule has 1 atom stereocenters. The summed E-state index contributed by atoms with van der Waals surface area (Å²) in [4.78, 5) is 0.0386. The quantitative estimate of drug-likeness (QED) is 0.650. The van der Waals surface area contributed by atoms with Crippen LogP contribution in [-0.4, -0.2) is 12.7 Å². The summed E-state index contributed by atoms with van der Waals surface area (Å²) in [6.45, 7) is -0.0681. The summed E-state index contributed by atoms with van der Waals surface area (Å²) in [5, 5.41) is 3.00. The maximum absolute atomic E-state index is 13.7. The lowest BCUT2D eigenvalue weighted by atomic mass is 10.0. The number of fused-ring (bicyclic) bond motifs is 1. The van der Waals surface area contributed by atoms with Crippen molar-refractivity contribution in [3.63, 3.8) is 0 Å². The van der Waals surface area contributed by atoms with Gasteiger partial charge in [0.25, 0.3) is 0 Å². The fourth-order valence-corrected chi connectivity index (χ4v) is 5.13. The molecule has 0 aliphatic carbocycles. The summed E-state index contributed by atoms with van der Waals surface area (Å²) in [5.41, 5.74) is -0.0651. The van der Waals surface area contributed by atoms with E-state index < -0.39 is 27.9 Å². The zero-order valence-electron chi connectivity index (χ0n) is 15.1. The lowest BCUT2D eigenvalue weighted by molar-refractivity contribution is -0.138. The number of nitrogens with one attached hydrogen (secondary N) is 1. The first kappa shape index (κ1) is 19.5. The third-order valence-electron chi connectivity index (χ3n) is 4.80. The van der Waals surface area contributed by atoms with Crippen molar-refractivity contribution in [3.05, 3.63) is 95.6 Å². The predicted octanol–water partition coefficient (Wildman–Crippen LogP) is 5.02. The molecule has 1 aliphatic rings. The molecule has 0 unspecified atom stereocenters. The Morgan fingerprint density at radius 2 is 1.48 bits per heavy atom. The zero-order valence-corrected chi connectivity index (χ0v) is 15.9. The Balaban J connectivity index is 1.90. The van der Waals surface area contributed by atoms with Crippen LogP contribution in [0, 0.1) is 0 Å². The minimum Gasteiger partial charge on any atom is -0.364 e. The molecule has 4 nitrogen and oxygen atoms in total. The van der Waals surface area contributed by atoms with E-state index in [1.807, 2.05) is 0 Å². The topological polar surface area (TPSA) is 49.4 Å². The summed E-state index contributed by atoms with van der Waals surface area (Å²) in [6, 6.07) is 20.0. The molecule has 1 aliphatic heterocycles. The maximum atomic E-state index is 13.7. The first-order valence-electron chi connectivity index (χ1n) is 8.86. The van der Waals surface area contributed by atoms with Crippen LogP contribution < -0.4 is 5.32 Å². The highest BCUT2D eigenvalue weighted by Crippen LogP contribution is 2.43. The first-order chi connectivity index (χ1) is 13.8. The Kier molecular flexibility index (Phi) is 4.84. The van der Waals surface area contributed by atoms with E-state index in [0.29, 0.717) is 5.56 Å². The van der Waals surface area contributed by atoms with Crippen molar-refractivity contribution in [2.24, 2.45) is 0 Å². The number of alkyl halides is 3. The highest BCUT2D eigenvalue weighted by molar-refractivity contribution is 7.89. The van der Waals surface area contributed by atoms with Gasteiger partial charge in [0.1, 0.15) is 11.1 Å². The van der Waals surface area contributed by atoms with Crippen LogP contribution in [0.25, 0.3) is 0 Å². The van der Waals surface area contributed by atoms with Gasteiger partial charge in [0, 0.05) is 12.1 Å². The van der Waals surface area contributed by atoms with E-state index >= 15 is 0 Å². The molecule has 8 heteroatoms. The fourth-order valence-electron chi connectivity index (χ4n) is 3.46. The highest BCUT2D eigenvalue weighted by Gasteiger charge is 2.43. The van der Waals surface area contributed by atoms with E-state index in [-0.39, 0.29) is 22.7 Å². The lowest BCUT2D eigenvalue weighted by Gasteiger charge is -2.38. The van der Waals surface area contributed by atoms with Gasteiger partial charge >= 0.3 is 6.18 Å². The lowest BCUT2D eigenvalue weighted by Crippen LogP contribution is -2.42. The molecule has 0 saturated carbocycles. The Hall–Kier alpha value is -2.84. The Bertz CT molecular complexity index is 1130. The predicted molar refractivity (Wildman–Crippen MR) is 103 cm³/mol. The van der Waals surface area contributed by atoms with Crippen molar-refractivity contribution in [1.82, 2.24) is 4.31 Å². The van der Waals surface area contributed by atoms with Crippen molar-refractivity contribution in [3.8, 4) is 0 Å². The molecule has 0 aromatic heterocycles. The second-order valence-corrected chi connectivity index (χ2v) is 8.52. The van der Waals surface area contributed by atoms with Gasteiger partial charge in [-0.15, -0.1) is 0 Å². The van der Waals surface area contributed by atoms with Gasteiger partial charge in [-0.1, -0.05) is 60.7 Å². The number of para-hydroxylation sites is 1. The largest absolute Gasteiger partial charge is 0.416 e. The number of hydrogen-bond donors (Lipinski definition) is 1. The van der Waals surface area contributed by atoms with Gasteiger partial charge in [-0.05, 0) is 23.8 Å². The number of anilines is 1. The number of nitrogens with zero attached hydrogens (tertiary/aromatic N) is 1. The molecule has 0 radical (unpaired) electrons. The second-order valence-electron chi connectivity index (χ2n) is 6.66. The summed E-state index contributed by atoms with van der Waals surface area (Å²) < 4.78 is 68.7. The molecule has 4 rings (SSSR count). The molecule has 29 heavy (non-hydrogen) atoms. The first-order valence-corrected chi connectivity index (χ1v) is 10.3. The van der Waals surface area contributed by atoms with Crippen molar-refractivity contribution in [2.75, 3.05) is 5.32 Å². The molecule has 1 N–H and O–H groups in total. The number of benzene rings is 3. The normalized spacial score (nSPS) is 18.7. The average molecular weight is 418 g/mol. The van der Waals surface area contributed by atoms with Crippen LogP contribution in [0.15, 0.2) is 83.8 Å². The number of sulfonamides is 1. The standard InChI is InChI=1S/C21H17F3N2O2S/c22-21(23,24)17-11-5-4-10-16(17)20-25-18-12-6-7-13-19(18)29(27,28)26(20)14-15-8-2-1-3-9-15/h1-13,20,25H,14H2/t20-/m0/s1. The van der Waals surface area contributed by atoms with Crippen LogP contribution in [0.3, 0.4) is 0 Å². The van der Waals surface area contributed by atoms with Gasteiger partial charge in [0.15, 0.2) is 0 Å². The molecule has 0 amide bonds. The molecule has 0 saturated heterocycles. The fraction of sp³-hybridized carbons (Fsp3) is 0.143. The monoisotopic (exact) mass is 418 g/mol. The third kappa shape index (κ3) is 3.61. The highest BCUT2D eigenvalue weighted by atomic mass is 32.2. The van der Waals surface area contributed by atoms with E-state index in [2.05, 4.69) is 5.32 Å². The van der Waals surface area contributed by atoms with Crippen molar-refractivity contribution in [2.45, 2.75) is 23.8 Å². The molecule has 0 spiro atoms. The molecular weight excluding hydrogens is 401 g/mol. The zero-order chi connectivity index (χ0) is 20.6. The van der Waals surface area contributed by atoms with Crippen molar-refractivity contribution < 1.29 is 21.6 Å². The second kappa shape index (κ2) is 7.20. The Labute approximate surface area is 166 Å². The van der Waals surface area contributed by atoms with Crippen molar-refractivity contribution in [1.29, 1.82) is 0 Å². The molecule has 3 aromatic carbocycles. The number of rotatable bonds is 3. The van der Waals surface area contributed by atoms with Gasteiger partial charge in [0.2, 0.25) is 10.0 Å². The Morgan fingerprint density at radius 3 is 2.21 bits per heavy atom. The van der Waals surface area contributed by atoms with Crippen LogP contribution >= 0.6 is 0 Å². The minimum atomic E-state index is -4.61. The van der Waals surface area contributed by atoms with Crippen LogP contribution in [0.4, 0.5) is 18.9 Å². The summed E-state index contributed by atoms with van der Waals surface area (Å²) in [7, 11) is -4.04.